The van der Waals surface area contributed by atoms with E-state index in [1.165, 1.54) is 12.8 Å². The van der Waals surface area contributed by atoms with E-state index >= 15 is 0 Å². The molecule has 1 aliphatic heterocycles. The van der Waals surface area contributed by atoms with Crippen molar-refractivity contribution in [2.75, 3.05) is 50.5 Å². The molecule has 2 fully saturated rings. The van der Waals surface area contributed by atoms with Gasteiger partial charge in [0.2, 0.25) is 11.8 Å². The highest BCUT2D eigenvalue weighted by atomic mass is 16.5. The Morgan fingerprint density at radius 2 is 1.60 bits per heavy atom. The Kier molecular flexibility index (Phi) is 8.36. The maximum absolute atomic E-state index is 12.6. The molecule has 0 bridgehead atoms. The van der Waals surface area contributed by atoms with Crippen LogP contribution in [-0.4, -0.2) is 67.4 Å². The van der Waals surface area contributed by atoms with Crippen LogP contribution in [0.5, 0.6) is 5.75 Å². The highest BCUT2D eigenvalue weighted by molar-refractivity contribution is 6.05. The smallest absolute Gasteiger partial charge is 0.255 e. The van der Waals surface area contributed by atoms with Crippen LogP contribution in [0.25, 0.3) is 0 Å². The van der Waals surface area contributed by atoms with E-state index in [0.29, 0.717) is 41.6 Å². The maximum atomic E-state index is 12.6. The van der Waals surface area contributed by atoms with E-state index in [1.54, 1.807) is 43.5 Å². The number of nitrogens with zero attached hydrogens (tertiary/aromatic N) is 2. The van der Waals surface area contributed by atoms with E-state index in [9.17, 15) is 14.4 Å². The van der Waals surface area contributed by atoms with Crippen LogP contribution in [0.2, 0.25) is 0 Å². The number of nitrogens with one attached hydrogen (secondary N) is 2. The van der Waals surface area contributed by atoms with Crippen LogP contribution in [0.3, 0.4) is 0 Å². The summed E-state index contributed by atoms with van der Waals surface area (Å²) in [6.45, 7) is 3.77. The Morgan fingerprint density at radius 3 is 2.29 bits per heavy atom. The fraction of sp³-hybridized carbons (Fsp3) is 0.444. The number of carbonyl (C=O) groups is 3. The number of rotatable bonds is 8. The van der Waals surface area contributed by atoms with Gasteiger partial charge in [0.05, 0.1) is 12.8 Å². The van der Waals surface area contributed by atoms with Gasteiger partial charge in [0.25, 0.3) is 5.91 Å². The first-order chi connectivity index (χ1) is 17.0. The van der Waals surface area contributed by atoms with Crippen molar-refractivity contribution in [1.29, 1.82) is 0 Å². The summed E-state index contributed by atoms with van der Waals surface area (Å²) in [4.78, 5) is 41.8. The lowest BCUT2D eigenvalue weighted by Gasteiger charge is -2.35. The summed E-state index contributed by atoms with van der Waals surface area (Å²) in [6.07, 6.45) is 4.79. The van der Waals surface area contributed by atoms with E-state index in [1.807, 2.05) is 17.0 Å². The predicted molar refractivity (Wildman–Crippen MR) is 136 cm³/mol. The molecule has 0 aromatic heterocycles. The fourth-order valence-corrected chi connectivity index (χ4v) is 4.75. The molecular weight excluding hydrogens is 444 g/mol. The van der Waals surface area contributed by atoms with Crippen molar-refractivity contribution in [3.05, 3.63) is 54.1 Å². The zero-order valence-electron chi connectivity index (χ0n) is 20.3. The third-order valence-electron chi connectivity index (χ3n) is 6.83. The van der Waals surface area contributed by atoms with Crippen LogP contribution in [-0.2, 0) is 9.59 Å². The number of hydrogen-bond acceptors (Lipinski definition) is 5. The average Bonchev–Trinajstić information content (AvgIpc) is 3.43. The van der Waals surface area contributed by atoms with Crippen LogP contribution in [0.4, 0.5) is 11.4 Å². The molecule has 186 valence electrons. The quantitative estimate of drug-likeness (QED) is 0.605. The van der Waals surface area contributed by atoms with Crippen molar-refractivity contribution in [2.45, 2.75) is 32.1 Å². The summed E-state index contributed by atoms with van der Waals surface area (Å²) in [5.41, 5.74) is 1.73. The number of methoxy groups -OCH3 is 1. The topological polar surface area (TPSA) is 91.0 Å². The van der Waals surface area contributed by atoms with Crippen molar-refractivity contribution in [3.8, 4) is 5.75 Å². The van der Waals surface area contributed by atoms with Crippen LogP contribution in [0.15, 0.2) is 48.5 Å². The van der Waals surface area contributed by atoms with Gasteiger partial charge in [-0.3, -0.25) is 19.3 Å². The number of amides is 3. The Bertz CT molecular complexity index is 1030. The summed E-state index contributed by atoms with van der Waals surface area (Å²) < 4.78 is 5.27. The van der Waals surface area contributed by atoms with Crippen molar-refractivity contribution < 1.29 is 19.1 Å². The van der Waals surface area contributed by atoms with Gasteiger partial charge in [-0.15, -0.1) is 0 Å². The molecule has 2 aliphatic rings. The van der Waals surface area contributed by atoms with E-state index in [2.05, 4.69) is 15.5 Å². The molecule has 1 saturated carbocycles. The number of hydrogen-bond donors (Lipinski definition) is 2. The largest absolute Gasteiger partial charge is 0.495 e. The monoisotopic (exact) mass is 478 g/mol. The van der Waals surface area contributed by atoms with E-state index < -0.39 is 0 Å². The number of carbonyl (C=O) groups excluding carboxylic acids is 3. The Balaban J connectivity index is 1.19. The SMILES string of the molecule is COc1ccccc1NC(=O)c1ccc(NC(=O)CCN2CCN(C(=O)C3CCCC3)CC2)cc1. The molecule has 2 aromatic rings. The van der Waals surface area contributed by atoms with Crippen molar-refractivity contribution in [1.82, 2.24) is 9.80 Å². The number of anilines is 2. The first-order valence-corrected chi connectivity index (χ1v) is 12.4. The van der Waals surface area contributed by atoms with E-state index in [0.717, 1.165) is 39.0 Å². The molecule has 2 aromatic carbocycles. The molecule has 1 heterocycles. The molecule has 8 nitrogen and oxygen atoms in total. The lowest BCUT2D eigenvalue weighted by atomic mass is 10.1. The Hall–Kier alpha value is -3.39. The molecule has 0 radical (unpaired) electrons. The second kappa shape index (κ2) is 11.8. The number of para-hydroxylation sites is 2. The predicted octanol–water partition coefficient (Wildman–Crippen LogP) is 3.61. The van der Waals surface area contributed by atoms with Crippen molar-refractivity contribution in [2.24, 2.45) is 5.92 Å². The molecular formula is C27H34N4O4. The minimum Gasteiger partial charge on any atom is -0.495 e. The maximum Gasteiger partial charge on any atom is 0.255 e. The third-order valence-corrected chi connectivity index (χ3v) is 6.83. The first-order valence-electron chi connectivity index (χ1n) is 12.4. The minimum absolute atomic E-state index is 0.0688. The van der Waals surface area contributed by atoms with E-state index in [-0.39, 0.29) is 17.7 Å². The molecule has 8 heteroatoms. The molecule has 4 rings (SSSR count). The van der Waals surface area contributed by atoms with Gasteiger partial charge in [0, 0.05) is 56.3 Å². The molecule has 3 amide bonds. The van der Waals surface area contributed by atoms with Gasteiger partial charge in [-0.2, -0.15) is 0 Å². The van der Waals surface area contributed by atoms with Gasteiger partial charge in [0.15, 0.2) is 0 Å². The molecule has 0 atom stereocenters. The zero-order chi connectivity index (χ0) is 24.6. The lowest BCUT2D eigenvalue weighted by molar-refractivity contribution is -0.137. The zero-order valence-corrected chi connectivity index (χ0v) is 20.3. The van der Waals surface area contributed by atoms with Crippen LogP contribution < -0.4 is 15.4 Å². The lowest BCUT2D eigenvalue weighted by Crippen LogP contribution is -2.50. The van der Waals surface area contributed by atoms with Gasteiger partial charge in [-0.25, -0.2) is 0 Å². The van der Waals surface area contributed by atoms with Crippen molar-refractivity contribution >= 4 is 29.1 Å². The van der Waals surface area contributed by atoms with Crippen molar-refractivity contribution in [3.63, 3.8) is 0 Å². The highest BCUT2D eigenvalue weighted by Gasteiger charge is 2.29. The number of piperazine rings is 1. The van der Waals surface area contributed by atoms with Gasteiger partial charge >= 0.3 is 0 Å². The number of ether oxygens (including phenoxy) is 1. The summed E-state index contributed by atoms with van der Waals surface area (Å²) in [5, 5.41) is 5.74. The molecule has 1 saturated heterocycles. The summed E-state index contributed by atoms with van der Waals surface area (Å²) in [6, 6.07) is 14.0. The van der Waals surface area contributed by atoms with Crippen LogP contribution in [0, 0.1) is 5.92 Å². The first kappa shape index (κ1) is 24.7. The minimum atomic E-state index is -0.252. The van der Waals surface area contributed by atoms with Gasteiger partial charge in [-0.1, -0.05) is 25.0 Å². The Labute approximate surface area is 206 Å². The standard InChI is InChI=1S/C27H34N4O4/c1-35-24-9-5-4-8-23(24)29-26(33)20-10-12-22(13-11-20)28-25(32)14-15-30-16-18-31(19-17-30)27(34)21-6-2-3-7-21/h4-5,8-13,21H,2-3,6-7,14-19H2,1H3,(H,28,32)(H,29,33). The number of benzene rings is 2. The van der Waals surface area contributed by atoms with Crippen LogP contribution in [0.1, 0.15) is 42.5 Å². The molecule has 1 aliphatic carbocycles. The summed E-state index contributed by atoms with van der Waals surface area (Å²) >= 11 is 0. The average molecular weight is 479 g/mol. The highest BCUT2D eigenvalue weighted by Crippen LogP contribution is 2.27. The van der Waals surface area contributed by atoms with Gasteiger partial charge in [0.1, 0.15) is 5.75 Å². The third kappa shape index (κ3) is 6.60. The molecule has 2 N–H and O–H groups in total. The Morgan fingerprint density at radius 1 is 0.914 bits per heavy atom. The van der Waals surface area contributed by atoms with E-state index in [4.69, 9.17) is 4.74 Å². The second-order valence-electron chi connectivity index (χ2n) is 9.18. The van der Waals surface area contributed by atoms with Gasteiger partial charge < -0.3 is 20.3 Å². The normalized spacial score (nSPS) is 16.7. The fourth-order valence-electron chi connectivity index (χ4n) is 4.75. The van der Waals surface area contributed by atoms with Crippen LogP contribution >= 0.6 is 0 Å². The summed E-state index contributed by atoms with van der Waals surface area (Å²) in [5.74, 6) is 0.816. The molecule has 0 spiro atoms. The molecule has 0 unspecified atom stereocenters. The second-order valence-corrected chi connectivity index (χ2v) is 9.18. The molecule has 35 heavy (non-hydrogen) atoms. The summed E-state index contributed by atoms with van der Waals surface area (Å²) in [7, 11) is 1.56. The van der Waals surface area contributed by atoms with Gasteiger partial charge in [-0.05, 0) is 49.2 Å².